The largest absolute Gasteiger partial charge is 0.377 e. The highest BCUT2D eigenvalue weighted by atomic mass is 16.5. The summed E-state index contributed by atoms with van der Waals surface area (Å²) in [6.45, 7) is 8.29. The molecule has 2 heteroatoms. The van der Waals surface area contributed by atoms with Crippen LogP contribution in [0.15, 0.2) is 0 Å². The Morgan fingerprint density at radius 3 is 2.85 bits per heavy atom. The molecule has 2 unspecified atom stereocenters. The predicted molar refractivity (Wildman–Crippen MR) is 55.9 cm³/mol. The SMILES string of the molecule is CCCC1CC1NCCOC(C)C. The molecule has 0 amide bonds. The first kappa shape index (κ1) is 11.0. The molecule has 2 nitrogen and oxygen atoms in total. The van der Waals surface area contributed by atoms with Crippen molar-refractivity contribution >= 4 is 0 Å². The van der Waals surface area contributed by atoms with Gasteiger partial charge in [0.25, 0.3) is 0 Å². The van der Waals surface area contributed by atoms with Crippen molar-refractivity contribution < 1.29 is 4.74 Å². The fourth-order valence-corrected chi connectivity index (χ4v) is 1.73. The Morgan fingerprint density at radius 1 is 1.46 bits per heavy atom. The molecule has 0 saturated heterocycles. The summed E-state index contributed by atoms with van der Waals surface area (Å²) in [5.74, 6) is 0.962. The molecule has 0 aromatic carbocycles. The van der Waals surface area contributed by atoms with Crippen LogP contribution in [0.3, 0.4) is 0 Å². The van der Waals surface area contributed by atoms with Gasteiger partial charge in [0.1, 0.15) is 0 Å². The predicted octanol–water partition coefficient (Wildman–Crippen LogP) is 2.19. The summed E-state index contributed by atoms with van der Waals surface area (Å²) in [5.41, 5.74) is 0. The number of nitrogens with one attached hydrogen (secondary N) is 1. The molecular weight excluding hydrogens is 162 g/mol. The summed E-state index contributed by atoms with van der Waals surface area (Å²) in [7, 11) is 0. The zero-order valence-corrected chi connectivity index (χ0v) is 9.18. The van der Waals surface area contributed by atoms with Gasteiger partial charge < -0.3 is 10.1 Å². The molecule has 1 rings (SSSR count). The molecule has 1 saturated carbocycles. The Kier molecular flexibility index (Phi) is 4.74. The first-order valence-electron chi connectivity index (χ1n) is 5.59. The van der Waals surface area contributed by atoms with E-state index in [2.05, 4.69) is 26.1 Å². The minimum absolute atomic E-state index is 0.368. The van der Waals surface area contributed by atoms with Crippen molar-refractivity contribution in [3.63, 3.8) is 0 Å². The summed E-state index contributed by atoms with van der Waals surface area (Å²) in [6, 6.07) is 0.802. The lowest BCUT2D eigenvalue weighted by Gasteiger charge is -2.08. The molecule has 0 aliphatic heterocycles. The summed E-state index contributed by atoms with van der Waals surface area (Å²) in [5, 5.41) is 3.52. The van der Waals surface area contributed by atoms with Gasteiger partial charge in [0, 0.05) is 12.6 Å². The van der Waals surface area contributed by atoms with Gasteiger partial charge in [-0.3, -0.25) is 0 Å². The topological polar surface area (TPSA) is 21.3 Å². The van der Waals surface area contributed by atoms with Gasteiger partial charge >= 0.3 is 0 Å². The molecule has 1 aliphatic carbocycles. The zero-order chi connectivity index (χ0) is 9.68. The van der Waals surface area contributed by atoms with Gasteiger partial charge in [-0.05, 0) is 32.6 Å². The summed E-state index contributed by atoms with van der Waals surface area (Å²) in [4.78, 5) is 0. The van der Waals surface area contributed by atoms with Crippen LogP contribution in [0.1, 0.15) is 40.0 Å². The second kappa shape index (κ2) is 5.61. The van der Waals surface area contributed by atoms with Gasteiger partial charge in [0.15, 0.2) is 0 Å². The van der Waals surface area contributed by atoms with E-state index in [1.54, 1.807) is 0 Å². The number of rotatable bonds is 7. The van der Waals surface area contributed by atoms with Gasteiger partial charge in [-0.15, -0.1) is 0 Å². The quantitative estimate of drug-likeness (QED) is 0.614. The zero-order valence-electron chi connectivity index (χ0n) is 9.18. The van der Waals surface area contributed by atoms with Crippen molar-refractivity contribution in [3.8, 4) is 0 Å². The lowest BCUT2D eigenvalue weighted by molar-refractivity contribution is 0.0805. The van der Waals surface area contributed by atoms with E-state index in [9.17, 15) is 0 Å². The summed E-state index contributed by atoms with van der Waals surface area (Å²) >= 11 is 0. The second-order valence-corrected chi connectivity index (χ2v) is 4.26. The van der Waals surface area contributed by atoms with Crippen LogP contribution in [0, 0.1) is 5.92 Å². The van der Waals surface area contributed by atoms with Gasteiger partial charge in [-0.1, -0.05) is 13.3 Å². The van der Waals surface area contributed by atoms with Crippen LogP contribution in [-0.4, -0.2) is 25.3 Å². The van der Waals surface area contributed by atoms with E-state index in [0.717, 1.165) is 25.1 Å². The molecule has 1 N–H and O–H groups in total. The molecule has 13 heavy (non-hydrogen) atoms. The Morgan fingerprint density at radius 2 is 2.23 bits per heavy atom. The van der Waals surface area contributed by atoms with Crippen molar-refractivity contribution in [1.29, 1.82) is 0 Å². The van der Waals surface area contributed by atoms with Crippen LogP contribution >= 0.6 is 0 Å². The van der Waals surface area contributed by atoms with Crippen LogP contribution in [-0.2, 0) is 4.74 Å². The lowest BCUT2D eigenvalue weighted by Crippen LogP contribution is -2.24. The molecule has 1 fully saturated rings. The van der Waals surface area contributed by atoms with Crippen molar-refractivity contribution in [2.75, 3.05) is 13.2 Å². The van der Waals surface area contributed by atoms with Crippen LogP contribution < -0.4 is 5.32 Å². The fraction of sp³-hybridized carbons (Fsp3) is 1.00. The maximum absolute atomic E-state index is 5.45. The molecule has 0 aromatic rings. The Labute approximate surface area is 82.0 Å². The van der Waals surface area contributed by atoms with Crippen molar-refractivity contribution in [1.82, 2.24) is 5.32 Å². The van der Waals surface area contributed by atoms with Gasteiger partial charge in [-0.25, -0.2) is 0 Å². The molecule has 0 radical (unpaired) electrons. The summed E-state index contributed by atoms with van der Waals surface area (Å²) in [6.07, 6.45) is 4.47. The minimum Gasteiger partial charge on any atom is -0.377 e. The van der Waals surface area contributed by atoms with Crippen LogP contribution in [0.4, 0.5) is 0 Å². The van der Waals surface area contributed by atoms with Crippen LogP contribution in [0.5, 0.6) is 0 Å². The third-order valence-corrected chi connectivity index (χ3v) is 2.54. The normalized spacial score (nSPS) is 26.8. The number of ether oxygens (including phenoxy) is 1. The smallest absolute Gasteiger partial charge is 0.0594 e. The van der Waals surface area contributed by atoms with Crippen molar-refractivity contribution in [2.45, 2.75) is 52.2 Å². The average molecular weight is 185 g/mol. The highest BCUT2D eigenvalue weighted by Crippen LogP contribution is 2.34. The summed E-state index contributed by atoms with van der Waals surface area (Å²) < 4.78 is 5.45. The van der Waals surface area contributed by atoms with E-state index in [4.69, 9.17) is 4.74 Å². The Balaban J connectivity index is 1.85. The van der Waals surface area contributed by atoms with Gasteiger partial charge in [0.05, 0.1) is 12.7 Å². The monoisotopic (exact) mass is 185 g/mol. The minimum atomic E-state index is 0.368. The van der Waals surface area contributed by atoms with Crippen molar-refractivity contribution in [3.05, 3.63) is 0 Å². The Bertz CT molecular complexity index is 136. The number of hydrogen-bond acceptors (Lipinski definition) is 2. The molecule has 1 aliphatic rings. The maximum Gasteiger partial charge on any atom is 0.0594 e. The van der Waals surface area contributed by atoms with E-state index < -0.39 is 0 Å². The molecule has 0 aromatic heterocycles. The van der Waals surface area contributed by atoms with E-state index in [-0.39, 0.29) is 0 Å². The average Bonchev–Trinajstić information content (AvgIpc) is 2.78. The van der Waals surface area contributed by atoms with Crippen molar-refractivity contribution in [2.24, 2.45) is 5.92 Å². The van der Waals surface area contributed by atoms with Crippen LogP contribution in [0.2, 0.25) is 0 Å². The van der Waals surface area contributed by atoms with E-state index >= 15 is 0 Å². The highest BCUT2D eigenvalue weighted by molar-refractivity contribution is 4.92. The third-order valence-electron chi connectivity index (χ3n) is 2.54. The maximum atomic E-state index is 5.45. The fourth-order valence-electron chi connectivity index (χ4n) is 1.73. The molecule has 0 bridgehead atoms. The second-order valence-electron chi connectivity index (χ2n) is 4.26. The first-order chi connectivity index (χ1) is 6.24. The molecular formula is C11H23NO. The molecule has 78 valence electrons. The highest BCUT2D eigenvalue weighted by Gasteiger charge is 2.34. The van der Waals surface area contributed by atoms with E-state index in [1.807, 2.05) is 0 Å². The lowest BCUT2D eigenvalue weighted by atomic mass is 10.2. The van der Waals surface area contributed by atoms with E-state index in [0.29, 0.717) is 6.10 Å². The molecule has 0 heterocycles. The number of hydrogen-bond donors (Lipinski definition) is 1. The van der Waals surface area contributed by atoms with Gasteiger partial charge in [-0.2, -0.15) is 0 Å². The Hall–Kier alpha value is -0.0800. The molecule has 2 atom stereocenters. The van der Waals surface area contributed by atoms with Crippen LogP contribution in [0.25, 0.3) is 0 Å². The first-order valence-corrected chi connectivity index (χ1v) is 5.59. The van der Waals surface area contributed by atoms with E-state index in [1.165, 1.54) is 19.3 Å². The standard InChI is InChI=1S/C11H23NO/c1-4-5-10-8-11(10)12-6-7-13-9(2)3/h9-12H,4-8H2,1-3H3. The third kappa shape index (κ3) is 4.63. The van der Waals surface area contributed by atoms with Gasteiger partial charge in [0.2, 0.25) is 0 Å². The molecule has 0 spiro atoms.